The quantitative estimate of drug-likeness (QED) is 0.760. The highest BCUT2D eigenvalue weighted by molar-refractivity contribution is 9.10. The third-order valence-electron chi connectivity index (χ3n) is 3.48. The van der Waals surface area contributed by atoms with Gasteiger partial charge < -0.3 is 15.5 Å². The van der Waals surface area contributed by atoms with E-state index >= 15 is 0 Å². The van der Waals surface area contributed by atoms with E-state index in [4.69, 9.17) is 0 Å². The Hall–Kier alpha value is -1.52. The Kier molecular flexibility index (Phi) is 5.26. The Labute approximate surface area is 133 Å². The van der Waals surface area contributed by atoms with Gasteiger partial charge in [-0.1, -0.05) is 34.1 Å². The third kappa shape index (κ3) is 4.22. The molecule has 2 aromatic carbocycles. The smallest absolute Gasteiger partial charge is 0.124 e. The highest BCUT2D eigenvalue weighted by atomic mass is 79.9. The van der Waals surface area contributed by atoms with Gasteiger partial charge in [0.1, 0.15) is 11.5 Å². The van der Waals surface area contributed by atoms with Crippen LogP contribution in [0.25, 0.3) is 0 Å². The van der Waals surface area contributed by atoms with Crippen molar-refractivity contribution in [1.29, 1.82) is 0 Å². The van der Waals surface area contributed by atoms with E-state index in [1.807, 2.05) is 19.1 Å². The lowest BCUT2D eigenvalue weighted by molar-refractivity contribution is 0.404. The summed E-state index contributed by atoms with van der Waals surface area (Å²) in [4.78, 5) is 0. The molecule has 0 saturated carbocycles. The number of aromatic hydroxyl groups is 2. The Bertz CT molecular complexity index is 578. The fourth-order valence-corrected chi connectivity index (χ4v) is 2.79. The van der Waals surface area contributed by atoms with E-state index in [-0.39, 0.29) is 23.6 Å². The number of nitrogens with one attached hydrogen (secondary N) is 1. The fraction of sp³-hybridized carbons (Fsp3) is 0.294. The summed E-state index contributed by atoms with van der Waals surface area (Å²) in [6, 6.07) is 13.1. The average molecular weight is 350 g/mol. The van der Waals surface area contributed by atoms with Gasteiger partial charge >= 0.3 is 0 Å². The minimum absolute atomic E-state index is 0.117. The van der Waals surface area contributed by atoms with Gasteiger partial charge in [-0.05, 0) is 50.1 Å². The third-order valence-corrected chi connectivity index (χ3v) is 4.01. The van der Waals surface area contributed by atoms with Gasteiger partial charge in [-0.3, -0.25) is 0 Å². The molecular formula is C17H20BrNO2. The zero-order valence-electron chi connectivity index (χ0n) is 12.2. The van der Waals surface area contributed by atoms with Crippen LogP contribution in [0.4, 0.5) is 0 Å². The summed E-state index contributed by atoms with van der Waals surface area (Å²) in [6.45, 7) is 4.03. The molecule has 0 heterocycles. The first-order valence-electron chi connectivity index (χ1n) is 6.98. The summed E-state index contributed by atoms with van der Waals surface area (Å²) in [5.41, 5.74) is 1.78. The molecule has 0 spiro atoms. The Morgan fingerprint density at radius 1 is 1.00 bits per heavy atom. The SMILES string of the molecule is CC(Cc1ccc(Br)cc1)NC(C)c1c(O)cccc1O. The topological polar surface area (TPSA) is 52.5 Å². The molecule has 0 bridgehead atoms. The average Bonchev–Trinajstić information content (AvgIpc) is 2.41. The molecule has 0 radical (unpaired) electrons. The minimum atomic E-state index is -0.128. The van der Waals surface area contributed by atoms with Crippen molar-refractivity contribution in [1.82, 2.24) is 5.32 Å². The Balaban J connectivity index is 2.02. The zero-order chi connectivity index (χ0) is 15.4. The fourth-order valence-electron chi connectivity index (χ4n) is 2.53. The maximum atomic E-state index is 9.89. The molecule has 21 heavy (non-hydrogen) atoms. The summed E-state index contributed by atoms with van der Waals surface area (Å²) in [6.07, 6.45) is 0.881. The van der Waals surface area contributed by atoms with Crippen molar-refractivity contribution in [2.75, 3.05) is 0 Å². The predicted octanol–water partition coefficient (Wildman–Crippen LogP) is 4.14. The van der Waals surface area contributed by atoms with Crippen molar-refractivity contribution in [3.63, 3.8) is 0 Å². The van der Waals surface area contributed by atoms with Gasteiger partial charge in [0.25, 0.3) is 0 Å². The Morgan fingerprint density at radius 2 is 1.57 bits per heavy atom. The van der Waals surface area contributed by atoms with Crippen molar-refractivity contribution in [2.45, 2.75) is 32.4 Å². The standard InChI is InChI=1S/C17H20BrNO2/c1-11(10-13-6-8-14(18)9-7-13)19-12(2)17-15(20)4-3-5-16(17)21/h3-9,11-12,19-21H,10H2,1-2H3. The molecule has 2 aromatic rings. The van der Waals surface area contributed by atoms with Crippen molar-refractivity contribution in [2.24, 2.45) is 0 Å². The van der Waals surface area contributed by atoms with Crippen LogP contribution in [-0.4, -0.2) is 16.3 Å². The second-order valence-corrected chi connectivity index (χ2v) is 6.25. The first kappa shape index (κ1) is 15.9. The monoisotopic (exact) mass is 349 g/mol. The molecule has 4 heteroatoms. The second-order valence-electron chi connectivity index (χ2n) is 5.33. The molecule has 3 nitrogen and oxygen atoms in total. The predicted molar refractivity (Wildman–Crippen MR) is 88.6 cm³/mol. The van der Waals surface area contributed by atoms with Crippen LogP contribution in [0.5, 0.6) is 11.5 Å². The lowest BCUT2D eigenvalue weighted by Gasteiger charge is -2.22. The van der Waals surface area contributed by atoms with Crippen LogP contribution in [0.15, 0.2) is 46.9 Å². The summed E-state index contributed by atoms with van der Waals surface area (Å²) < 4.78 is 1.07. The molecule has 2 atom stereocenters. The van der Waals surface area contributed by atoms with Gasteiger partial charge in [-0.25, -0.2) is 0 Å². The van der Waals surface area contributed by atoms with Crippen LogP contribution in [0, 0.1) is 0 Å². The van der Waals surface area contributed by atoms with Crippen LogP contribution in [0.3, 0.4) is 0 Å². The number of phenolic OH excluding ortho intramolecular Hbond substituents is 2. The number of hydrogen-bond donors (Lipinski definition) is 3. The summed E-state index contributed by atoms with van der Waals surface area (Å²) in [5.74, 6) is 0.233. The lowest BCUT2D eigenvalue weighted by atomic mass is 10.0. The zero-order valence-corrected chi connectivity index (χ0v) is 13.8. The molecule has 0 aliphatic carbocycles. The molecule has 0 amide bonds. The molecule has 3 N–H and O–H groups in total. The summed E-state index contributed by atoms with van der Waals surface area (Å²) in [7, 11) is 0. The van der Waals surface area contributed by atoms with E-state index in [2.05, 4.69) is 40.3 Å². The molecule has 112 valence electrons. The van der Waals surface area contributed by atoms with Gasteiger partial charge in [-0.2, -0.15) is 0 Å². The first-order valence-corrected chi connectivity index (χ1v) is 7.78. The molecule has 2 rings (SSSR count). The molecule has 0 aromatic heterocycles. The molecule has 0 aliphatic rings. The van der Waals surface area contributed by atoms with Gasteiger partial charge in [0.05, 0.1) is 5.56 Å². The highest BCUT2D eigenvalue weighted by Gasteiger charge is 2.16. The van der Waals surface area contributed by atoms with E-state index in [1.54, 1.807) is 18.2 Å². The van der Waals surface area contributed by atoms with E-state index in [0.29, 0.717) is 5.56 Å². The van der Waals surface area contributed by atoms with Crippen LogP contribution in [0.1, 0.15) is 31.0 Å². The van der Waals surface area contributed by atoms with Crippen molar-refractivity contribution < 1.29 is 10.2 Å². The van der Waals surface area contributed by atoms with E-state index in [9.17, 15) is 10.2 Å². The number of hydrogen-bond acceptors (Lipinski definition) is 3. The molecular weight excluding hydrogens is 330 g/mol. The number of halogens is 1. The van der Waals surface area contributed by atoms with Gasteiger partial charge in [0.15, 0.2) is 0 Å². The second kappa shape index (κ2) is 6.96. The van der Waals surface area contributed by atoms with E-state index in [0.717, 1.165) is 10.9 Å². The largest absolute Gasteiger partial charge is 0.507 e. The van der Waals surface area contributed by atoms with Gasteiger partial charge in [0.2, 0.25) is 0 Å². The van der Waals surface area contributed by atoms with Crippen molar-refractivity contribution >= 4 is 15.9 Å². The summed E-state index contributed by atoms with van der Waals surface area (Å²) in [5, 5.41) is 23.2. The van der Waals surface area contributed by atoms with Crippen molar-refractivity contribution in [3.8, 4) is 11.5 Å². The van der Waals surface area contributed by atoms with Crippen LogP contribution < -0.4 is 5.32 Å². The Morgan fingerprint density at radius 3 is 2.14 bits per heavy atom. The normalized spacial score (nSPS) is 13.9. The molecule has 0 aliphatic heterocycles. The number of phenols is 2. The van der Waals surface area contributed by atoms with Crippen molar-refractivity contribution in [3.05, 3.63) is 58.1 Å². The van der Waals surface area contributed by atoms with Gasteiger partial charge in [-0.15, -0.1) is 0 Å². The number of rotatable bonds is 5. The highest BCUT2D eigenvalue weighted by Crippen LogP contribution is 2.32. The van der Waals surface area contributed by atoms with E-state index < -0.39 is 0 Å². The molecule has 0 fully saturated rings. The van der Waals surface area contributed by atoms with Crippen LogP contribution >= 0.6 is 15.9 Å². The van der Waals surface area contributed by atoms with E-state index in [1.165, 1.54) is 5.56 Å². The molecule has 2 unspecified atom stereocenters. The minimum Gasteiger partial charge on any atom is -0.507 e. The molecule has 0 saturated heterocycles. The van der Waals surface area contributed by atoms with Gasteiger partial charge in [0, 0.05) is 16.6 Å². The van der Waals surface area contributed by atoms with Crippen LogP contribution in [0.2, 0.25) is 0 Å². The maximum Gasteiger partial charge on any atom is 0.124 e. The number of benzene rings is 2. The lowest BCUT2D eigenvalue weighted by Crippen LogP contribution is -2.30. The first-order chi connectivity index (χ1) is 9.97. The maximum absolute atomic E-state index is 9.89. The van der Waals surface area contributed by atoms with Crippen LogP contribution in [-0.2, 0) is 6.42 Å². The summed E-state index contributed by atoms with van der Waals surface area (Å²) >= 11 is 3.43.